The Morgan fingerprint density at radius 3 is 2.78 bits per heavy atom. The molecule has 1 saturated carbocycles. The van der Waals surface area contributed by atoms with Gasteiger partial charge in [-0.3, -0.25) is 0 Å². The van der Waals surface area contributed by atoms with E-state index in [9.17, 15) is 0 Å². The number of anilines is 1. The first-order valence-electron chi connectivity index (χ1n) is 9.28. The van der Waals surface area contributed by atoms with E-state index in [0.29, 0.717) is 41.9 Å². The van der Waals surface area contributed by atoms with E-state index in [4.69, 9.17) is 32.5 Å². The normalized spacial score (nSPS) is 20.5. The van der Waals surface area contributed by atoms with Gasteiger partial charge in [0, 0.05) is 31.9 Å². The van der Waals surface area contributed by atoms with Gasteiger partial charge in [-0.05, 0) is 31.3 Å². The molecule has 27 heavy (non-hydrogen) atoms. The first-order chi connectivity index (χ1) is 13.2. The van der Waals surface area contributed by atoms with Crippen LogP contribution in [0.4, 0.5) is 11.5 Å². The molecule has 0 bridgehead atoms. The monoisotopic (exact) mass is 386 g/mol. The van der Waals surface area contributed by atoms with Crippen LogP contribution in [0, 0.1) is 11.3 Å². The van der Waals surface area contributed by atoms with Gasteiger partial charge in [0.1, 0.15) is 10.9 Å². The average molecular weight is 387 g/mol. The number of aromatic nitrogens is 2. The number of nitrogens with zero attached hydrogens (tertiary/aromatic N) is 4. The summed E-state index contributed by atoms with van der Waals surface area (Å²) < 4.78 is 5.47. The third-order valence-corrected chi connectivity index (χ3v) is 5.21. The van der Waals surface area contributed by atoms with Crippen LogP contribution in [0.15, 0.2) is 16.8 Å². The lowest BCUT2D eigenvalue weighted by atomic mass is 10.1. The van der Waals surface area contributed by atoms with Gasteiger partial charge in [0.05, 0.1) is 24.5 Å². The van der Waals surface area contributed by atoms with Crippen LogP contribution in [0.25, 0.3) is 11.6 Å². The smallest absolute Gasteiger partial charge is 0.165 e. The average Bonchev–Trinajstić information content (AvgIpc) is 3.50. The maximum Gasteiger partial charge on any atom is 0.165 e. The SMILES string of the molecule is N=C/C(=C\N)c1nc2c(c(N3CCOCC3)n1)N=C(Cl)CC(CC1CC1)=C2. The van der Waals surface area contributed by atoms with E-state index in [1.807, 2.05) is 0 Å². The quantitative estimate of drug-likeness (QED) is 0.757. The van der Waals surface area contributed by atoms with Gasteiger partial charge >= 0.3 is 0 Å². The molecular weight excluding hydrogens is 364 g/mol. The van der Waals surface area contributed by atoms with Crippen LogP contribution in [0.5, 0.6) is 0 Å². The first kappa shape index (κ1) is 18.1. The van der Waals surface area contributed by atoms with E-state index < -0.39 is 0 Å². The first-order valence-corrected chi connectivity index (χ1v) is 9.65. The second-order valence-corrected chi connectivity index (χ2v) is 7.52. The van der Waals surface area contributed by atoms with Crippen LogP contribution >= 0.6 is 11.6 Å². The van der Waals surface area contributed by atoms with E-state index in [1.165, 1.54) is 30.8 Å². The molecule has 2 aliphatic heterocycles. The Labute approximate surface area is 163 Å². The van der Waals surface area contributed by atoms with Crippen molar-refractivity contribution < 1.29 is 4.74 Å². The lowest BCUT2D eigenvalue weighted by Crippen LogP contribution is -2.37. The molecule has 0 aromatic carbocycles. The Morgan fingerprint density at radius 1 is 1.33 bits per heavy atom. The number of fused-ring (bicyclic) bond motifs is 1. The van der Waals surface area contributed by atoms with Gasteiger partial charge < -0.3 is 20.8 Å². The Morgan fingerprint density at radius 2 is 2.11 bits per heavy atom. The summed E-state index contributed by atoms with van der Waals surface area (Å²) >= 11 is 6.46. The minimum atomic E-state index is 0.433. The van der Waals surface area contributed by atoms with Crippen LogP contribution in [0.1, 0.15) is 37.2 Å². The lowest BCUT2D eigenvalue weighted by molar-refractivity contribution is 0.122. The molecule has 8 heteroatoms. The fourth-order valence-electron chi connectivity index (χ4n) is 3.40. The number of allylic oxidation sites excluding steroid dienone is 2. The van der Waals surface area contributed by atoms with E-state index in [0.717, 1.165) is 36.9 Å². The molecule has 1 saturated heterocycles. The van der Waals surface area contributed by atoms with Gasteiger partial charge in [-0.25, -0.2) is 15.0 Å². The van der Waals surface area contributed by atoms with Crippen LogP contribution in [-0.4, -0.2) is 47.7 Å². The maximum atomic E-state index is 7.62. The fourth-order valence-corrected chi connectivity index (χ4v) is 3.65. The highest BCUT2D eigenvalue weighted by Gasteiger charge is 2.27. The Bertz CT molecular complexity index is 837. The summed E-state index contributed by atoms with van der Waals surface area (Å²) in [5.41, 5.74) is 8.84. The second-order valence-electron chi connectivity index (χ2n) is 7.09. The highest BCUT2D eigenvalue weighted by atomic mass is 35.5. The van der Waals surface area contributed by atoms with Gasteiger partial charge in [0.25, 0.3) is 0 Å². The topological polar surface area (TPSA) is 100 Å². The van der Waals surface area contributed by atoms with Crippen LogP contribution in [0.3, 0.4) is 0 Å². The predicted molar refractivity (Wildman–Crippen MR) is 109 cm³/mol. The molecule has 4 rings (SSSR count). The van der Waals surface area contributed by atoms with Crippen molar-refractivity contribution in [2.24, 2.45) is 16.6 Å². The van der Waals surface area contributed by atoms with Crippen LogP contribution in [0.2, 0.25) is 0 Å². The van der Waals surface area contributed by atoms with Gasteiger partial charge in [0.2, 0.25) is 0 Å². The zero-order valence-electron chi connectivity index (χ0n) is 15.1. The van der Waals surface area contributed by atoms with E-state index in [-0.39, 0.29) is 0 Å². The van der Waals surface area contributed by atoms with Gasteiger partial charge in [0.15, 0.2) is 11.6 Å². The highest BCUT2D eigenvalue weighted by molar-refractivity contribution is 6.66. The zero-order chi connectivity index (χ0) is 18.8. The Kier molecular flexibility index (Phi) is 5.22. The van der Waals surface area contributed by atoms with Crippen molar-refractivity contribution in [2.75, 3.05) is 31.2 Å². The highest BCUT2D eigenvalue weighted by Crippen LogP contribution is 2.40. The third kappa shape index (κ3) is 4.04. The number of nitrogens with two attached hydrogens (primary N) is 1. The standard InChI is InChI=1S/C19H23ClN6O/c20-16-9-13(7-12-1-2-12)8-15-17(24-16)19(26-3-5-27-6-4-26)25-18(23-15)14(10-21)11-22/h8,10-12,21H,1-7,9,22H2/b14-11+,21-10?. The molecule has 0 amide bonds. The van der Waals surface area contributed by atoms with Gasteiger partial charge in [-0.15, -0.1) is 0 Å². The Balaban J connectivity index is 1.85. The fraction of sp³-hybridized carbons (Fsp3) is 0.474. The van der Waals surface area contributed by atoms with Crippen molar-refractivity contribution >= 4 is 46.1 Å². The van der Waals surface area contributed by atoms with Crippen LogP contribution in [-0.2, 0) is 4.74 Å². The van der Waals surface area contributed by atoms with E-state index >= 15 is 0 Å². The summed E-state index contributed by atoms with van der Waals surface area (Å²) in [5.74, 6) is 1.91. The minimum Gasteiger partial charge on any atom is -0.404 e. The third-order valence-electron chi connectivity index (χ3n) is 4.99. The predicted octanol–water partition coefficient (Wildman–Crippen LogP) is 3.12. The van der Waals surface area contributed by atoms with Crippen molar-refractivity contribution in [3.05, 3.63) is 23.3 Å². The number of ether oxygens (including phenoxy) is 1. The summed E-state index contributed by atoms with van der Waals surface area (Å²) in [6, 6.07) is 0. The molecule has 7 nitrogen and oxygen atoms in total. The number of hydrogen-bond donors (Lipinski definition) is 2. The van der Waals surface area contributed by atoms with Crippen molar-refractivity contribution in [1.29, 1.82) is 5.41 Å². The maximum absolute atomic E-state index is 7.62. The summed E-state index contributed by atoms with van der Waals surface area (Å²) in [4.78, 5) is 16.2. The molecule has 3 N–H and O–H groups in total. The molecule has 0 unspecified atom stereocenters. The number of nitrogens with one attached hydrogen (secondary N) is 1. The molecule has 2 fully saturated rings. The number of halogens is 1. The molecule has 1 aliphatic carbocycles. The van der Waals surface area contributed by atoms with Crippen molar-refractivity contribution in [3.63, 3.8) is 0 Å². The molecule has 0 radical (unpaired) electrons. The van der Waals surface area contributed by atoms with E-state index in [1.54, 1.807) is 0 Å². The number of hydrogen-bond acceptors (Lipinski definition) is 7. The van der Waals surface area contributed by atoms with Crippen molar-refractivity contribution in [1.82, 2.24) is 9.97 Å². The summed E-state index contributed by atoms with van der Waals surface area (Å²) in [6.07, 6.45) is 8.87. The zero-order valence-corrected chi connectivity index (χ0v) is 15.9. The molecule has 3 heterocycles. The van der Waals surface area contributed by atoms with Crippen LogP contribution < -0.4 is 10.6 Å². The van der Waals surface area contributed by atoms with Gasteiger partial charge in [-0.2, -0.15) is 0 Å². The molecule has 1 aromatic rings. The second kappa shape index (κ2) is 7.78. The molecular formula is C19H23ClN6O. The van der Waals surface area contributed by atoms with Gasteiger partial charge in [-0.1, -0.05) is 17.2 Å². The molecule has 142 valence electrons. The largest absolute Gasteiger partial charge is 0.404 e. The Hall–Kier alpha value is -2.25. The lowest BCUT2D eigenvalue weighted by Gasteiger charge is -2.29. The molecule has 0 spiro atoms. The summed E-state index contributed by atoms with van der Waals surface area (Å²) in [7, 11) is 0. The van der Waals surface area contributed by atoms with E-state index in [2.05, 4.69) is 21.0 Å². The summed E-state index contributed by atoms with van der Waals surface area (Å²) in [5, 5.41) is 8.18. The van der Waals surface area contributed by atoms with Crippen molar-refractivity contribution in [2.45, 2.75) is 25.7 Å². The number of morpholine rings is 1. The minimum absolute atomic E-state index is 0.433. The number of rotatable bonds is 5. The molecule has 0 atom stereocenters. The molecule has 1 aromatic heterocycles. The number of aliphatic imine (C=N–C) groups is 1. The summed E-state index contributed by atoms with van der Waals surface area (Å²) in [6.45, 7) is 2.72. The van der Waals surface area contributed by atoms with Crippen molar-refractivity contribution in [3.8, 4) is 0 Å². The molecule has 3 aliphatic rings.